The Morgan fingerprint density at radius 1 is 1.67 bits per heavy atom. The van der Waals surface area contributed by atoms with Gasteiger partial charge in [-0.2, -0.15) is 24.4 Å². The number of hydrazone groups is 1. The minimum Gasteiger partial charge on any atom is -0.430 e. The number of rotatable bonds is 5. The lowest BCUT2D eigenvalue weighted by atomic mass is 9.89. The minimum atomic E-state index is -0.696. The summed E-state index contributed by atoms with van der Waals surface area (Å²) in [5, 5.41) is 15.8. The Hall–Kier alpha value is 0.195. The molecule has 0 aliphatic carbocycles. The van der Waals surface area contributed by atoms with Crippen molar-refractivity contribution in [2.75, 3.05) is 6.26 Å². The van der Waals surface area contributed by atoms with Crippen LogP contribution in [0, 0.1) is 5.92 Å². The van der Waals surface area contributed by atoms with E-state index in [2.05, 4.69) is 23.1 Å². The molecule has 0 saturated heterocycles. The topological polar surface area (TPSA) is 44.6 Å². The van der Waals surface area contributed by atoms with Crippen LogP contribution in [0.4, 0.5) is 0 Å². The van der Waals surface area contributed by atoms with Gasteiger partial charge in [-0.25, -0.2) is 5.10 Å². The lowest BCUT2D eigenvalue weighted by Gasteiger charge is -2.09. The first-order valence-corrected chi connectivity index (χ1v) is 5.56. The molecule has 1 unspecified atom stereocenters. The van der Waals surface area contributed by atoms with Gasteiger partial charge in [0.1, 0.15) is 0 Å². The Balaban J connectivity index is 3.62. The van der Waals surface area contributed by atoms with E-state index in [-0.39, 0.29) is 4.48 Å². The SMILES string of the molecule is CSC(S)B(O)N/N=C\C(C)C. The molecule has 0 spiro atoms. The molecule has 0 aromatic heterocycles. The smallest absolute Gasteiger partial charge is 0.430 e. The molecule has 0 heterocycles. The van der Waals surface area contributed by atoms with Gasteiger partial charge < -0.3 is 10.4 Å². The zero-order chi connectivity index (χ0) is 9.56. The maximum Gasteiger partial charge on any atom is 0.451 e. The van der Waals surface area contributed by atoms with Gasteiger partial charge >= 0.3 is 7.05 Å². The fraction of sp³-hybridized carbons (Fsp3) is 0.833. The first-order chi connectivity index (χ1) is 5.57. The number of hydrogen-bond donors (Lipinski definition) is 3. The van der Waals surface area contributed by atoms with E-state index in [0.717, 1.165) is 0 Å². The molecule has 0 fully saturated rings. The Bertz CT molecular complexity index is 146. The van der Waals surface area contributed by atoms with Crippen molar-refractivity contribution >= 4 is 37.7 Å². The van der Waals surface area contributed by atoms with E-state index in [1.165, 1.54) is 11.8 Å². The van der Waals surface area contributed by atoms with Crippen molar-refractivity contribution in [3.8, 4) is 0 Å². The van der Waals surface area contributed by atoms with Gasteiger partial charge in [-0.1, -0.05) is 13.8 Å². The number of nitrogens with one attached hydrogen (secondary N) is 1. The van der Waals surface area contributed by atoms with Crippen LogP contribution in [-0.2, 0) is 0 Å². The van der Waals surface area contributed by atoms with Gasteiger partial charge in [0, 0.05) is 6.21 Å². The fourth-order valence-corrected chi connectivity index (χ4v) is 0.846. The van der Waals surface area contributed by atoms with Crippen molar-refractivity contribution in [3.05, 3.63) is 0 Å². The van der Waals surface area contributed by atoms with Crippen molar-refractivity contribution in [2.24, 2.45) is 11.0 Å². The highest BCUT2D eigenvalue weighted by Crippen LogP contribution is 2.10. The molecule has 0 bridgehead atoms. The Morgan fingerprint density at radius 3 is 2.67 bits per heavy atom. The number of hydrogen-bond acceptors (Lipinski definition) is 5. The summed E-state index contributed by atoms with van der Waals surface area (Å²) in [5.74, 6) is 0.386. The van der Waals surface area contributed by atoms with E-state index in [1.54, 1.807) is 6.21 Å². The molecule has 0 aliphatic heterocycles. The van der Waals surface area contributed by atoms with Crippen LogP contribution in [-0.4, -0.2) is 29.0 Å². The summed E-state index contributed by atoms with van der Waals surface area (Å²) < 4.78 is -0.144. The molecule has 0 aromatic rings. The molecule has 0 rings (SSSR count). The van der Waals surface area contributed by atoms with Crippen LogP contribution in [0.3, 0.4) is 0 Å². The molecular formula is C6H15BN2OS2. The van der Waals surface area contributed by atoms with Gasteiger partial charge in [0.15, 0.2) is 0 Å². The first-order valence-electron chi connectivity index (χ1n) is 3.75. The molecule has 0 radical (unpaired) electrons. The van der Waals surface area contributed by atoms with Crippen LogP contribution >= 0.6 is 24.4 Å². The molecule has 0 saturated carbocycles. The second kappa shape index (κ2) is 6.68. The van der Waals surface area contributed by atoms with Gasteiger partial charge in [0.2, 0.25) is 0 Å². The largest absolute Gasteiger partial charge is 0.451 e. The zero-order valence-corrected chi connectivity index (χ0v) is 9.27. The number of thioether (sulfide) groups is 1. The third-order valence-corrected chi connectivity index (χ3v) is 2.75. The van der Waals surface area contributed by atoms with Crippen molar-refractivity contribution in [1.82, 2.24) is 5.34 Å². The molecule has 0 amide bonds. The van der Waals surface area contributed by atoms with E-state index in [4.69, 9.17) is 0 Å². The summed E-state index contributed by atoms with van der Waals surface area (Å²) in [4.78, 5) is 0. The van der Waals surface area contributed by atoms with Crippen molar-refractivity contribution in [3.63, 3.8) is 0 Å². The Morgan fingerprint density at radius 2 is 2.25 bits per heavy atom. The van der Waals surface area contributed by atoms with E-state index in [0.29, 0.717) is 5.92 Å². The van der Waals surface area contributed by atoms with E-state index in [9.17, 15) is 5.02 Å². The molecule has 1 atom stereocenters. The average Bonchev–Trinajstić information content (AvgIpc) is 2.02. The Labute approximate surface area is 83.9 Å². The summed E-state index contributed by atoms with van der Waals surface area (Å²) in [6.07, 6.45) is 3.62. The van der Waals surface area contributed by atoms with Crippen molar-refractivity contribution < 1.29 is 5.02 Å². The normalized spacial score (nSPS) is 13.8. The predicted octanol–water partition coefficient (Wildman–Crippen LogP) is 0.856. The van der Waals surface area contributed by atoms with Crippen LogP contribution < -0.4 is 5.34 Å². The molecule has 0 aromatic carbocycles. The van der Waals surface area contributed by atoms with Crippen LogP contribution in [0.25, 0.3) is 0 Å². The standard InChI is InChI=1S/C6H15BN2OS2/c1-5(2)4-8-9-7(10)6(11)12-3/h4-6,9-11H,1-3H3/b8-4-. The molecule has 3 nitrogen and oxygen atoms in total. The van der Waals surface area contributed by atoms with E-state index in [1.807, 2.05) is 20.1 Å². The maximum absolute atomic E-state index is 9.31. The lowest BCUT2D eigenvalue weighted by molar-refractivity contribution is 0.554. The fourth-order valence-electron chi connectivity index (χ4n) is 0.461. The number of thiol groups is 1. The molecule has 2 N–H and O–H groups in total. The maximum atomic E-state index is 9.31. The highest BCUT2D eigenvalue weighted by Gasteiger charge is 2.19. The van der Waals surface area contributed by atoms with Gasteiger partial charge in [-0.05, 0) is 12.2 Å². The highest BCUT2D eigenvalue weighted by molar-refractivity contribution is 8.11. The summed E-state index contributed by atoms with van der Waals surface area (Å²) in [7, 11) is -0.696. The summed E-state index contributed by atoms with van der Waals surface area (Å²) >= 11 is 5.60. The molecule has 70 valence electrons. The van der Waals surface area contributed by atoms with Crippen molar-refractivity contribution in [1.29, 1.82) is 0 Å². The highest BCUT2D eigenvalue weighted by atomic mass is 32.2. The summed E-state index contributed by atoms with van der Waals surface area (Å²) in [6.45, 7) is 4.04. The van der Waals surface area contributed by atoms with Gasteiger partial charge in [0.05, 0.1) is 4.48 Å². The van der Waals surface area contributed by atoms with Gasteiger partial charge in [0.25, 0.3) is 0 Å². The second-order valence-corrected chi connectivity index (χ2v) is 4.61. The molecular weight excluding hydrogens is 191 g/mol. The average molecular weight is 206 g/mol. The van der Waals surface area contributed by atoms with Crippen LogP contribution in [0.1, 0.15) is 13.8 Å². The van der Waals surface area contributed by atoms with Gasteiger partial charge in [-0.15, -0.1) is 0 Å². The first kappa shape index (κ1) is 12.2. The van der Waals surface area contributed by atoms with Crippen LogP contribution in [0.15, 0.2) is 5.10 Å². The van der Waals surface area contributed by atoms with Crippen LogP contribution in [0.5, 0.6) is 0 Å². The lowest BCUT2D eigenvalue weighted by Crippen LogP contribution is -2.37. The Kier molecular flexibility index (Phi) is 6.79. The van der Waals surface area contributed by atoms with Crippen molar-refractivity contribution in [2.45, 2.75) is 18.3 Å². The van der Waals surface area contributed by atoms with E-state index >= 15 is 0 Å². The number of nitrogens with zero attached hydrogens (tertiary/aromatic N) is 1. The summed E-state index contributed by atoms with van der Waals surface area (Å²) in [6, 6.07) is 0. The quantitative estimate of drug-likeness (QED) is 0.205. The van der Waals surface area contributed by atoms with E-state index < -0.39 is 7.05 Å². The second-order valence-electron chi connectivity index (χ2n) is 2.72. The summed E-state index contributed by atoms with van der Waals surface area (Å²) in [5.41, 5.74) is 0. The molecule has 12 heavy (non-hydrogen) atoms. The third-order valence-electron chi connectivity index (χ3n) is 1.09. The van der Waals surface area contributed by atoms with Crippen LogP contribution in [0.2, 0.25) is 0 Å². The zero-order valence-electron chi connectivity index (χ0n) is 7.56. The monoisotopic (exact) mass is 206 g/mol. The minimum absolute atomic E-state index is 0.144. The van der Waals surface area contributed by atoms with Gasteiger partial charge in [-0.3, -0.25) is 0 Å². The third kappa shape index (κ3) is 5.80. The molecule has 6 heteroatoms. The predicted molar refractivity (Wildman–Crippen MR) is 60.7 cm³/mol. The molecule has 0 aliphatic rings.